The van der Waals surface area contributed by atoms with Crippen LogP contribution in [0, 0.1) is 0 Å². The Hall–Kier alpha value is -3.41. The van der Waals surface area contributed by atoms with Crippen LogP contribution in [0.4, 0.5) is 5.69 Å². The van der Waals surface area contributed by atoms with Crippen molar-refractivity contribution in [3.8, 4) is 5.75 Å². The molecule has 0 aliphatic carbocycles. The van der Waals surface area contributed by atoms with E-state index in [0.717, 1.165) is 5.56 Å². The van der Waals surface area contributed by atoms with Gasteiger partial charge in [-0.2, -0.15) is 5.10 Å². The monoisotopic (exact) mass is 337 g/mol. The molecule has 2 amide bonds. The lowest BCUT2D eigenvalue weighted by Gasteiger charge is -2.08. The fourth-order valence-electron chi connectivity index (χ4n) is 2.24. The minimum Gasteiger partial charge on any atom is -0.507 e. The number of hydrogen-bond donors (Lipinski definition) is 3. The largest absolute Gasteiger partial charge is 0.507 e. The molecule has 128 valence electrons. The first-order chi connectivity index (χ1) is 12.0. The molecule has 6 heteroatoms. The molecule has 0 heterocycles. The number of phenolic OH excluding ortho intramolecular Hbond substituents is 1. The third-order valence-electron chi connectivity index (χ3n) is 3.37. The number of allylic oxidation sites excluding steroid dienone is 1. The van der Waals surface area contributed by atoms with Crippen LogP contribution in [-0.4, -0.2) is 23.1 Å². The molecule has 0 unspecified atom stereocenters. The van der Waals surface area contributed by atoms with Crippen LogP contribution in [0.25, 0.3) is 0 Å². The summed E-state index contributed by atoms with van der Waals surface area (Å²) < 4.78 is 0. The number of anilines is 1. The Morgan fingerprint density at radius 3 is 2.68 bits per heavy atom. The highest BCUT2D eigenvalue weighted by Crippen LogP contribution is 2.21. The summed E-state index contributed by atoms with van der Waals surface area (Å²) in [5.41, 5.74) is 4.29. The van der Waals surface area contributed by atoms with E-state index < -0.39 is 5.91 Å². The first-order valence-electron chi connectivity index (χ1n) is 7.64. The second kappa shape index (κ2) is 8.44. The maximum absolute atomic E-state index is 12.2. The highest BCUT2D eigenvalue weighted by molar-refractivity contribution is 6.03. The van der Waals surface area contributed by atoms with Gasteiger partial charge in [0.2, 0.25) is 5.91 Å². The van der Waals surface area contributed by atoms with Gasteiger partial charge in [-0.05, 0) is 30.2 Å². The lowest BCUT2D eigenvalue weighted by Crippen LogP contribution is -2.20. The first kappa shape index (κ1) is 17.9. The second-order valence-corrected chi connectivity index (χ2v) is 5.27. The van der Waals surface area contributed by atoms with Crippen LogP contribution in [0.5, 0.6) is 5.75 Å². The van der Waals surface area contributed by atoms with Gasteiger partial charge >= 0.3 is 0 Å². The van der Waals surface area contributed by atoms with Crippen molar-refractivity contribution in [1.29, 1.82) is 0 Å². The van der Waals surface area contributed by atoms with Crippen molar-refractivity contribution in [2.45, 2.75) is 13.3 Å². The average molecular weight is 337 g/mol. The molecule has 0 aromatic heterocycles. The number of carbonyl (C=O) groups is 2. The highest BCUT2D eigenvalue weighted by atomic mass is 16.3. The zero-order valence-electron chi connectivity index (χ0n) is 13.8. The van der Waals surface area contributed by atoms with Gasteiger partial charge in [-0.1, -0.05) is 30.3 Å². The molecule has 6 nitrogen and oxygen atoms in total. The molecule has 2 aromatic carbocycles. The van der Waals surface area contributed by atoms with Crippen molar-refractivity contribution < 1.29 is 14.7 Å². The Balaban J connectivity index is 2.13. The molecule has 2 rings (SSSR count). The number of nitrogens with zero attached hydrogens (tertiary/aromatic N) is 1. The summed E-state index contributed by atoms with van der Waals surface area (Å²) in [4.78, 5) is 23.4. The number of hydrogen-bond acceptors (Lipinski definition) is 4. The van der Waals surface area contributed by atoms with Crippen LogP contribution in [0.2, 0.25) is 0 Å². The van der Waals surface area contributed by atoms with E-state index in [1.807, 2.05) is 0 Å². The molecule has 0 saturated heterocycles. The number of amides is 2. The average Bonchev–Trinajstić information content (AvgIpc) is 2.58. The van der Waals surface area contributed by atoms with Crippen LogP contribution in [0.1, 0.15) is 28.4 Å². The van der Waals surface area contributed by atoms with E-state index in [0.29, 0.717) is 23.2 Å². The van der Waals surface area contributed by atoms with Gasteiger partial charge in [0.1, 0.15) is 5.75 Å². The van der Waals surface area contributed by atoms with Gasteiger partial charge in [-0.15, -0.1) is 6.58 Å². The smallest absolute Gasteiger partial charge is 0.273 e. The molecule has 0 radical (unpaired) electrons. The van der Waals surface area contributed by atoms with Crippen LogP contribution < -0.4 is 10.7 Å². The van der Waals surface area contributed by atoms with Gasteiger partial charge in [0.25, 0.3) is 5.91 Å². The molecule has 2 aromatic rings. The Labute approximate surface area is 145 Å². The summed E-state index contributed by atoms with van der Waals surface area (Å²) >= 11 is 0. The molecule has 0 atom stereocenters. The van der Waals surface area contributed by atoms with E-state index in [4.69, 9.17) is 0 Å². The van der Waals surface area contributed by atoms with E-state index in [9.17, 15) is 14.7 Å². The maximum Gasteiger partial charge on any atom is 0.273 e. The Morgan fingerprint density at radius 2 is 1.96 bits per heavy atom. The molecule has 0 aliphatic rings. The van der Waals surface area contributed by atoms with Gasteiger partial charge in [0.15, 0.2) is 0 Å². The summed E-state index contributed by atoms with van der Waals surface area (Å²) in [7, 11) is 0. The van der Waals surface area contributed by atoms with Gasteiger partial charge in [-0.3, -0.25) is 9.59 Å². The predicted molar refractivity (Wildman–Crippen MR) is 97.8 cm³/mol. The van der Waals surface area contributed by atoms with Gasteiger partial charge in [0.05, 0.1) is 17.5 Å². The molecule has 0 fully saturated rings. The molecule has 3 N–H and O–H groups in total. The number of carbonyl (C=O) groups excluding carboxylic acids is 2. The Morgan fingerprint density at radius 1 is 1.20 bits per heavy atom. The zero-order chi connectivity index (χ0) is 18.2. The Bertz CT molecular complexity index is 828. The van der Waals surface area contributed by atoms with Gasteiger partial charge < -0.3 is 10.4 Å². The number of benzene rings is 2. The second-order valence-electron chi connectivity index (χ2n) is 5.27. The van der Waals surface area contributed by atoms with Gasteiger partial charge in [0, 0.05) is 12.5 Å². The predicted octanol–water partition coefficient (Wildman–Crippen LogP) is 2.84. The fraction of sp³-hybridized carbons (Fsp3) is 0.105. The molecular weight excluding hydrogens is 318 g/mol. The van der Waals surface area contributed by atoms with Crippen molar-refractivity contribution >= 4 is 23.7 Å². The third-order valence-corrected chi connectivity index (χ3v) is 3.37. The van der Waals surface area contributed by atoms with Crippen molar-refractivity contribution in [2.75, 3.05) is 5.32 Å². The van der Waals surface area contributed by atoms with E-state index >= 15 is 0 Å². The third kappa shape index (κ3) is 4.78. The van der Waals surface area contributed by atoms with E-state index in [-0.39, 0.29) is 11.7 Å². The summed E-state index contributed by atoms with van der Waals surface area (Å²) in [6.45, 7) is 5.01. The number of aromatic hydroxyl groups is 1. The minimum atomic E-state index is -0.470. The summed E-state index contributed by atoms with van der Waals surface area (Å²) in [5.74, 6) is -0.644. The fourth-order valence-corrected chi connectivity index (χ4v) is 2.24. The SMILES string of the molecule is C=CCc1cccc(C=NNC(=O)c2ccccc2NC(C)=O)c1O. The van der Waals surface area contributed by atoms with Crippen LogP contribution in [0.15, 0.2) is 60.2 Å². The summed E-state index contributed by atoms with van der Waals surface area (Å²) in [5, 5.41) is 16.6. The molecule has 0 aliphatic heterocycles. The van der Waals surface area contributed by atoms with Crippen molar-refractivity contribution in [2.24, 2.45) is 5.10 Å². The standard InChI is InChI=1S/C19H19N3O3/c1-3-7-14-8-6-9-15(18(14)24)12-20-22-19(25)16-10-4-5-11-17(16)21-13(2)23/h3-6,8-12,24H,1,7H2,2H3,(H,21,23)(H,22,25). The molecule has 0 saturated carbocycles. The summed E-state index contributed by atoms with van der Waals surface area (Å²) in [6, 6.07) is 11.9. The van der Waals surface area contributed by atoms with Crippen LogP contribution in [0.3, 0.4) is 0 Å². The van der Waals surface area contributed by atoms with Crippen molar-refractivity contribution in [3.63, 3.8) is 0 Å². The summed E-state index contributed by atoms with van der Waals surface area (Å²) in [6.07, 6.45) is 3.58. The lowest BCUT2D eigenvalue weighted by atomic mass is 10.1. The minimum absolute atomic E-state index is 0.0963. The van der Waals surface area contributed by atoms with Crippen LogP contribution >= 0.6 is 0 Å². The number of nitrogens with one attached hydrogen (secondary N) is 2. The number of hydrazone groups is 1. The molecular formula is C19H19N3O3. The molecule has 0 bridgehead atoms. The topological polar surface area (TPSA) is 90.8 Å². The first-order valence-corrected chi connectivity index (χ1v) is 7.64. The quantitative estimate of drug-likeness (QED) is 0.430. The van der Waals surface area contributed by atoms with E-state index in [2.05, 4.69) is 22.4 Å². The van der Waals surface area contributed by atoms with Crippen molar-refractivity contribution in [3.05, 3.63) is 71.8 Å². The van der Waals surface area contributed by atoms with Crippen molar-refractivity contribution in [1.82, 2.24) is 5.43 Å². The number of phenols is 1. The number of rotatable bonds is 6. The lowest BCUT2D eigenvalue weighted by molar-refractivity contribution is -0.114. The zero-order valence-corrected chi connectivity index (χ0v) is 13.8. The molecule has 25 heavy (non-hydrogen) atoms. The molecule has 0 spiro atoms. The Kier molecular flexibility index (Phi) is 6.06. The number of para-hydroxylation sites is 2. The van der Waals surface area contributed by atoms with E-state index in [1.54, 1.807) is 48.5 Å². The van der Waals surface area contributed by atoms with E-state index in [1.165, 1.54) is 13.1 Å². The highest BCUT2D eigenvalue weighted by Gasteiger charge is 2.11. The van der Waals surface area contributed by atoms with Gasteiger partial charge in [-0.25, -0.2) is 5.43 Å². The van der Waals surface area contributed by atoms with Crippen LogP contribution in [-0.2, 0) is 11.2 Å². The normalized spacial score (nSPS) is 10.4. The maximum atomic E-state index is 12.2.